The molecule has 2 atom stereocenters. The van der Waals surface area contributed by atoms with Crippen molar-refractivity contribution >= 4 is 55.1 Å². The fourth-order valence-electron chi connectivity index (χ4n) is 0.542. The molecule has 0 aliphatic rings. The van der Waals surface area contributed by atoms with Gasteiger partial charge in [-0.2, -0.15) is 0 Å². The molecule has 0 bridgehead atoms. The lowest BCUT2D eigenvalue weighted by Gasteiger charge is -2.23. The van der Waals surface area contributed by atoms with Crippen LogP contribution in [0.4, 0.5) is 0 Å². The third-order valence-electron chi connectivity index (χ3n) is 1.48. The van der Waals surface area contributed by atoms with E-state index in [1.165, 1.54) is 0 Å². The highest BCUT2D eigenvalue weighted by Crippen LogP contribution is 2.30. The summed E-state index contributed by atoms with van der Waals surface area (Å²) in [7, 11) is 0. The molecule has 4 heteroatoms. The number of allylic oxidation sites excluding steroid dienone is 2. The summed E-state index contributed by atoms with van der Waals surface area (Å²) >= 11 is 18.7. The van der Waals surface area contributed by atoms with Gasteiger partial charge in [0.2, 0.25) is 0 Å². The van der Waals surface area contributed by atoms with Crippen molar-refractivity contribution in [2.45, 2.75) is 23.5 Å². The molecule has 0 spiro atoms. The van der Waals surface area contributed by atoms with Crippen molar-refractivity contribution in [3.05, 3.63) is 11.6 Å². The monoisotopic (exact) mass is 336 g/mol. The van der Waals surface area contributed by atoms with E-state index in [1.807, 2.05) is 19.9 Å². The highest BCUT2D eigenvalue weighted by Gasteiger charge is 2.26. The van der Waals surface area contributed by atoms with Crippen LogP contribution in [-0.4, -0.2) is 20.9 Å². The molecule has 72 valence electrons. The Morgan fingerprint density at radius 1 is 1.67 bits per heavy atom. The standard InChI is InChI=1S/C8H12Br2Cl2/c1-6(4-11)3-7(12)8(2,10)5-9/h3,7H,4-5H2,1-2H3. The molecule has 0 aromatic carbocycles. The van der Waals surface area contributed by atoms with E-state index in [-0.39, 0.29) is 9.70 Å². The van der Waals surface area contributed by atoms with E-state index in [2.05, 4.69) is 31.9 Å². The van der Waals surface area contributed by atoms with Gasteiger partial charge >= 0.3 is 0 Å². The minimum absolute atomic E-state index is 0.0457. The van der Waals surface area contributed by atoms with Gasteiger partial charge in [0, 0.05) is 11.2 Å². The van der Waals surface area contributed by atoms with Gasteiger partial charge in [-0.25, -0.2) is 0 Å². The van der Waals surface area contributed by atoms with E-state index in [1.54, 1.807) is 0 Å². The van der Waals surface area contributed by atoms with Crippen LogP contribution in [0.15, 0.2) is 11.6 Å². The lowest BCUT2D eigenvalue weighted by Crippen LogP contribution is -2.29. The topological polar surface area (TPSA) is 0 Å². The van der Waals surface area contributed by atoms with Crippen LogP contribution in [0, 0.1) is 0 Å². The molecular formula is C8H12Br2Cl2. The van der Waals surface area contributed by atoms with E-state index in [0.29, 0.717) is 5.88 Å². The maximum absolute atomic E-state index is 6.13. The van der Waals surface area contributed by atoms with Crippen LogP contribution in [0.2, 0.25) is 0 Å². The Hall–Kier alpha value is 1.28. The Morgan fingerprint density at radius 2 is 2.17 bits per heavy atom. The second-order valence-corrected chi connectivity index (χ2v) is 6.07. The first kappa shape index (κ1) is 13.3. The fourth-order valence-corrected chi connectivity index (χ4v) is 1.59. The normalized spacial score (nSPS) is 20.3. The molecule has 0 N–H and O–H groups in total. The highest BCUT2D eigenvalue weighted by atomic mass is 79.9. The van der Waals surface area contributed by atoms with Crippen molar-refractivity contribution in [3.63, 3.8) is 0 Å². The quantitative estimate of drug-likeness (QED) is 0.529. The summed E-state index contributed by atoms with van der Waals surface area (Å²) in [4.78, 5) is 0. The second-order valence-electron chi connectivity index (χ2n) is 2.96. The van der Waals surface area contributed by atoms with Crippen LogP contribution in [-0.2, 0) is 0 Å². The molecule has 0 saturated carbocycles. The Bertz CT molecular complexity index is 166. The summed E-state index contributed by atoms with van der Waals surface area (Å²) < 4.78 is -0.109. The number of hydrogen-bond donors (Lipinski definition) is 0. The minimum Gasteiger partial charge on any atom is -0.122 e. The van der Waals surface area contributed by atoms with Crippen molar-refractivity contribution in [2.75, 3.05) is 11.2 Å². The van der Waals surface area contributed by atoms with E-state index in [0.717, 1.165) is 10.9 Å². The molecule has 0 saturated heterocycles. The Labute approximate surface area is 101 Å². The Morgan fingerprint density at radius 3 is 2.50 bits per heavy atom. The van der Waals surface area contributed by atoms with Crippen molar-refractivity contribution < 1.29 is 0 Å². The third-order valence-corrected chi connectivity index (χ3v) is 5.46. The fraction of sp³-hybridized carbons (Fsp3) is 0.750. The van der Waals surface area contributed by atoms with E-state index < -0.39 is 0 Å². The van der Waals surface area contributed by atoms with Crippen LogP contribution in [0.5, 0.6) is 0 Å². The van der Waals surface area contributed by atoms with E-state index in [4.69, 9.17) is 23.2 Å². The van der Waals surface area contributed by atoms with Crippen LogP contribution in [0.1, 0.15) is 13.8 Å². The zero-order valence-corrected chi connectivity index (χ0v) is 11.8. The third kappa shape index (κ3) is 4.50. The molecule has 0 heterocycles. The predicted molar refractivity (Wildman–Crippen MR) is 65.2 cm³/mol. The molecule has 0 amide bonds. The summed E-state index contributed by atoms with van der Waals surface area (Å²) in [6, 6.07) is 0. The van der Waals surface area contributed by atoms with Crippen molar-refractivity contribution in [2.24, 2.45) is 0 Å². The lowest BCUT2D eigenvalue weighted by atomic mass is 10.1. The summed E-state index contributed by atoms with van der Waals surface area (Å²) in [6.45, 7) is 4.01. The average molecular weight is 339 g/mol. The van der Waals surface area contributed by atoms with Crippen molar-refractivity contribution in [1.82, 2.24) is 0 Å². The number of halogens is 4. The van der Waals surface area contributed by atoms with Gasteiger partial charge in [-0.15, -0.1) is 23.2 Å². The summed E-state index contributed by atoms with van der Waals surface area (Å²) in [5, 5.41) is 0.760. The van der Waals surface area contributed by atoms with Crippen molar-refractivity contribution in [1.29, 1.82) is 0 Å². The first-order valence-corrected chi connectivity index (χ1v) is 6.44. The maximum Gasteiger partial charge on any atom is 0.0677 e. The predicted octanol–water partition coefficient (Wildman–Crippen LogP) is 4.33. The molecule has 0 aliphatic carbocycles. The first-order chi connectivity index (χ1) is 5.44. The molecular weight excluding hydrogens is 327 g/mol. The zero-order chi connectivity index (χ0) is 9.78. The van der Waals surface area contributed by atoms with Gasteiger partial charge in [-0.3, -0.25) is 0 Å². The van der Waals surface area contributed by atoms with Gasteiger partial charge in [-0.1, -0.05) is 43.5 Å². The van der Waals surface area contributed by atoms with Gasteiger partial charge in [-0.05, 0) is 13.8 Å². The Kier molecular flexibility index (Phi) is 6.52. The van der Waals surface area contributed by atoms with Crippen LogP contribution < -0.4 is 0 Å². The second kappa shape index (κ2) is 5.90. The number of alkyl halides is 4. The first-order valence-electron chi connectivity index (χ1n) is 3.56. The average Bonchev–Trinajstić information content (AvgIpc) is 2.04. The Balaban J connectivity index is 4.29. The van der Waals surface area contributed by atoms with Gasteiger partial charge in [0.25, 0.3) is 0 Å². The molecule has 2 unspecified atom stereocenters. The minimum atomic E-state index is -0.109. The number of rotatable bonds is 4. The number of hydrogen-bond acceptors (Lipinski definition) is 0. The summed E-state index contributed by atoms with van der Waals surface area (Å²) in [6.07, 6.45) is 1.98. The molecule has 0 fully saturated rings. The molecule has 0 aliphatic heterocycles. The van der Waals surface area contributed by atoms with Crippen LogP contribution in [0.3, 0.4) is 0 Å². The molecule has 0 radical (unpaired) electrons. The van der Waals surface area contributed by atoms with Gasteiger partial charge in [0.1, 0.15) is 0 Å². The van der Waals surface area contributed by atoms with Crippen molar-refractivity contribution in [3.8, 4) is 0 Å². The highest BCUT2D eigenvalue weighted by molar-refractivity contribution is 9.12. The summed E-state index contributed by atoms with van der Waals surface area (Å²) in [5.74, 6) is 0.536. The molecule has 0 aromatic heterocycles. The maximum atomic E-state index is 6.13. The summed E-state index contributed by atoms with van der Waals surface area (Å²) in [5.41, 5.74) is 1.10. The van der Waals surface area contributed by atoms with Crippen LogP contribution in [0.25, 0.3) is 0 Å². The van der Waals surface area contributed by atoms with Crippen LogP contribution >= 0.6 is 55.1 Å². The SMILES string of the molecule is CC(=CC(Cl)C(C)(Br)CBr)CCl. The lowest BCUT2D eigenvalue weighted by molar-refractivity contribution is 0.765. The van der Waals surface area contributed by atoms with Gasteiger partial charge < -0.3 is 0 Å². The van der Waals surface area contributed by atoms with E-state index >= 15 is 0 Å². The smallest absolute Gasteiger partial charge is 0.0677 e. The molecule has 0 rings (SSSR count). The molecule has 0 aromatic rings. The largest absolute Gasteiger partial charge is 0.122 e. The zero-order valence-electron chi connectivity index (χ0n) is 7.08. The van der Waals surface area contributed by atoms with Gasteiger partial charge in [0.05, 0.1) is 9.70 Å². The molecule has 12 heavy (non-hydrogen) atoms. The van der Waals surface area contributed by atoms with Gasteiger partial charge in [0.15, 0.2) is 0 Å². The molecule has 0 nitrogen and oxygen atoms in total. The van der Waals surface area contributed by atoms with E-state index in [9.17, 15) is 0 Å².